The van der Waals surface area contributed by atoms with Crippen molar-refractivity contribution in [3.63, 3.8) is 0 Å². The highest BCUT2D eigenvalue weighted by Crippen LogP contribution is 1.92. The average Bonchev–Trinajstić information content (AvgIpc) is 2.13. The molecule has 5 nitrogen and oxygen atoms in total. The summed E-state index contributed by atoms with van der Waals surface area (Å²) in [6.07, 6.45) is 0.232. The Kier molecular flexibility index (Phi) is 6.49. The van der Waals surface area contributed by atoms with Crippen molar-refractivity contribution in [1.29, 1.82) is 0 Å². The van der Waals surface area contributed by atoms with Crippen molar-refractivity contribution in [1.82, 2.24) is 10.2 Å². The summed E-state index contributed by atoms with van der Waals surface area (Å²) in [5, 5.41) is 2.73. The monoisotopic (exact) mass is 216 g/mol. The van der Waals surface area contributed by atoms with Gasteiger partial charge in [-0.15, -0.1) is 0 Å². The van der Waals surface area contributed by atoms with E-state index in [2.05, 4.69) is 5.32 Å². The van der Waals surface area contributed by atoms with Gasteiger partial charge in [0.05, 0.1) is 13.0 Å². The molecule has 5 heteroatoms. The number of hydrogen-bond donors (Lipinski definition) is 1. The molecule has 1 N–H and O–H groups in total. The minimum Gasteiger partial charge on any atom is -0.466 e. The summed E-state index contributed by atoms with van der Waals surface area (Å²) < 4.78 is 4.76. The summed E-state index contributed by atoms with van der Waals surface area (Å²) in [6, 6.07) is -0.0724. The van der Waals surface area contributed by atoms with Crippen LogP contribution in [0.3, 0.4) is 0 Å². The predicted molar refractivity (Wildman–Crippen MR) is 57.5 cm³/mol. The summed E-state index contributed by atoms with van der Waals surface area (Å²) in [6.45, 7) is 6.28. The van der Waals surface area contributed by atoms with Gasteiger partial charge in [-0.05, 0) is 20.8 Å². The predicted octanol–water partition coefficient (Wildman–Crippen LogP) is 0.989. The van der Waals surface area contributed by atoms with E-state index in [1.54, 1.807) is 14.0 Å². The van der Waals surface area contributed by atoms with Gasteiger partial charge in [0.1, 0.15) is 0 Å². The molecule has 0 saturated heterocycles. The number of ether oxygens (including phenoxy) is 1. The number of urea groups is 1. The fraction of sp³-hybridized carbons (Fsp3) is 0.800. The van der Waals surface area contributed by atoms with Crippen LogP contribution in [-0.4, -0.2) is 43.1 Å². The molecule has 0 bridgehead atoms. The van der Waals surface area contributed by atoms with Gasteiger partial charge in [-0.3, -0.25) is 4.79 Å². The van der Waals surface area contributed by atoms with Crippen LogP contribution < -0.4 is 5.32 Å². The van der Waals surface area contributed by atoms with Crippen molar-refractivity contribution in [3.8, 4) is 0 Å². The SMILES string of the molecule is CCOC(=O)CCN(C)C(=O)NC(C)C. The molecular formula is C10H20N2O3. The van der Waals surface area contributed by atoms with Crippen LogP contribution in [0, 0.1) is 0 Å². The van der Waals surface area contributed by atoms with Crippen LogP contribution in [0.2, 0.25) is 0 Å². The molecule has 2 amide bonds. The smallest absolute Gasteiger partial charge is 0.317 e. The number of esters is 1. The summed E-state index contributed by atoms with van der Waals surface area (Å²) in [5.74, 6) is -0.276. The zero-order valence-corrected chi connectivity index (χ0v) is 9.87. The number of carbonyl (C=O) groups is 2. The van der Waals surface area contributed by atoms with Gasteiger partial charge >= 0.3 is 12.0 Å². The first kappa shape index (κ1) is 13.7. The maximum absolute atomic E-state index is 11.4. The molecule has 0 aliphatic carbocycles. The van der Waals surface area contributed by atoms with E-state index in [0.29, 0.717) is 13.2 Å². The quantitative estimate of drug-likeness (QED) is 0.697. The highest BCUT2D eigenvalue weighted by Gasteiger charge is 2.11. The van der Waals surface area contributed by atoms with Crippen molar-refractivity contribution in [2.24, 2.45) is 0 Å². The second kappa shape index (κ2) is 7.09. The van der Waals surface area contributed by atoms with Gasteiger partial charge in [0.15, 0.2) is 0 Å². The van der Waals surface area contributed by atoms with Crippen LogP contribution in [0.4, 0.5) is 4.79 Å². The topological polar surface area (TPSA) is 58.6 Å². The highest BCUT2D eigenvalue weighted by molar-refractivity contribution is 5.75. The van der Waals surface area contributed by atoms with Crippen molar-refractivity contribution >= 4 is 12.0 Å². The second-order valence-electron chi connectivity index (χ2n) is 3.58. The minimum absolute atomic E-state index is 0.0996. The van der Waals surface area contributed by atoms with Crippen LogP contribution in [0.25, 0.3) is 0 Å². The van der Waals surface area contributed by atoms with Crippen molar-refractivity contribution < 1.29 is 14.3 Å². The lowest BCUT2D eigenvalue weighted by Gasteiger charge is -2.19. The Bertz CT molecular complexity index is 217. The number of rotatable bonds is 5. The fourth-order valence-electron chi connectivity index (χ4n) is 0.951. The number of nitrogens with zero attached hydrogens (tertiary/aromatic N) is 1. The second-order valence-corrected chi connectivity index (χ2v) is 3.58. The van der Waals surface area contributed by atoms with Gasteiger partial charge in [0.25, 0.3) is 0 Å². The van der Waals surface area contributed by atoms with Crippen LogP contribution >= 0.6 is 0 Å². The van der Waals surface area contributed by atoms with Gasteiger partial charge in [0, 0.05) is 19.6 Å². The fourth-order valence-corrected chi connectivity index (χ4v) is 0.951. The number of carbonyl (C=O) groups excluding carboxylic acids is 2. The van der Waals surface area contributed by atoms with E-state index in [-0.39, 0.29) is 24.5 Å². The Morgan fingerprint density at radius 1 is 1.40 bits per heavy atom. The normalized spacial score (nSPS) is 9.93. The maximum atomic E-state index is 11.4. The lowest BCUT2D eigenvalue weighted by molar-refractivity contribution is -0.143. The summed E-state index contributed by atoms with van der Waals surface area (Å²) in [4.78, 5) is 23.9. The molecule has 88 valence electrons. The number of nitrogens with one attached hydrogen (secondary N) is 1. The highest BCUT2D eigenvalue weighted by atomic mass is 16.5. The largest absolute Gasteiger partial charge is 0.466 e. The van der Waals surface area contributed by atoms with E-state index in [1.165, 1.54) is 4.90 Å². The van der Waals surface area contributed by atoms with E-state index in [1.807, 2.05) is 13.8 Å². The molecule has 0 atom stereocenters. The summed E-state index contributed by atoms with van der Waals surface area (Å²) in [5.41, 5.74) is 0. The Hall–Kier alpha value is -1.26. The number of amides is 2. The first-order chi connectivity index (χ1) is 6.97. The van der Waals surface area contributed by atoms with Crippen molar-refractivity contribution in [2.45, 2.75) is 33.2 Å². The van der Waals surface area contributed by atoms with Gasteiger partial charge in [-0.1, -0.05) is 0 Å². The van der Waals surface area contributed by atoms with Gasteiger partial charge < -0.3 is 15.0 Å². The first-order valence-corrected chi connectivity index (χ1v) is 5.14. The summed E-state index contributed by atoms with van der Waals surface area (Å²) in [7, 11) is 1.65. The molecule has 0 heterocycles. The lowest BCUT2D eigenvalue weighted by atomic mass is 10.4. The van der Waals surface area contributed by atoms with Crippen LogP contribution in [0.5, 0.6) is 0 Å². The molecular weight excluding hydrogens is 196 g/mol. The van der Waals surface area contributed by atoms with E-state index in [9.17, 15) is 9.59 Å². The molecule has 0 radical (unpaired) electrons. The molecule has 0 aromatic rings. The third kappa shape index (κ3) is 6.76. The zero-order valence-electron chi connectivity index (χ0n) is 9.87. The molecule has 0 aliphatic heterocycles. The Labute approximate surface area is 90.8 Å². The van der Waals surface area contributed by atoms with Crippen LogP contribution in [0.15, 0.2) is 0 Å². The Balaban J connectivity index is 3.77. The van der Waals surface area contributed by atoms with E-state index in [4.69, 9.17) is 4.74 Å². The molecule has 0 saturated carbocycles. The van der Waals surface area contributed by atoms with Gasteiger partial charge in [-0.2, -0.15) is 0 Å². The molecule has 0 aromatic heterocycles. The van der Waals surface area contributed by atoms with E-state index < -0.39 is 0 Å². The maximum Gasteiger partial charge on any atom is 0.317 e. The first-order valence-electron chi connectivity index (χ1n) is 5.14. The average molecular weight is 216 g/mol. The summed E-state index contributed by atoms with van der Waals surface area (Å²) >= 11 is 0. The standard InChI is InChI=1S/C10H20N2O3/c1-5-15-9(13)6-7-12(4)10(14)11-8(2)3/h8H,5-7H2,1-4H3,(H,11,14). The van der Waals surface area contributed by atoms with E-state index >= 15 is 0 Å². The van der Waals surface area contributed by atoms with Crippen molar-refractivity contribution in [2.75, 3.05) is 20.2 Å². The third-order valence-corrected chi connectivity index (χ3v) is 1.72. The van der Waals surface area contributed by atoms with Gasteiger partial charge in [0.2, 0.25) is 0 Å². The zero-order chi connectivity index (χ0) is 11.8. The molecule has 0 fully saturated rings. The molecule has 0 unspecified atom stereocenters. The van der Waals surface area contributed by atoms with Gasteiger partial charge in [-0.25, -0.2) is 4.79 Å². The van der Waals surface area contributed by atoms with Crippen molar-refractivity contribution in [3.05, 3.63) is 0 Å². The van der Waals surface area contributed by atoms with Crippen LogP contribution in [0.1, 0.15) is 27.2 Å². The molecule has 15 heavy (non-hydrogen) atoms. The Morgan fingerprint density at radius 3 is 2.47 bits per heavy atom. The number of hydrogen-bond acceptors (Lipinski definition) is 3. The molecule has 0 aromatic carbocycles. The third-order valence-electron chi connectivity index (χ3n) is 1.72. The minimum atomic E-state index is -0.276. The molecule has 0 rings (SSSR count). The van der Waals surface area contributed by atoms with E-state index in [0.717, 1.165) is 0 Å². The Morgan fingerprint density at radius 2 is 2.00 bits per heavy atom. The molecule has 0 spiro atoms. The molecule has 0 aliphatic rings. The van der Waals surface area contributed by atoms with Crippen LogP contribution in [-0.2, 0) is 9.53 Å². The lowest BCUT2D eigenvalue weighted by Crippen LogP contribution is -2.41.